The standard InChI is InChI=1S/C21H22F3N7O4S/c1-6-36(33,34)20-14(18-27-13-7-12(21(22,23)24)9-26-16(13)30(18)5)17-25-8-11(4)15(31(17)28-20)19(32)29-35-10(2)3/h7-10H,6H2,1-5H3,(H,29,32). The molecule has 1 amide bonds. The third-order valence-corrected chi connectivity index (χ3v) is 6.97. The van der Waals surface area contributed by atoms with E-state index in [-0.39, 0.29) is 45.7 Å². The normalized spacial score (nSPS) is 12.7. The SMILES string of the molecule is CCS(=O)(=O)c1nn2c(C(=O)NOC(C)C)c(C)cnc2c1-c1nc2cc(C(F)(F)F)cnc2n1C. The Hall–Kier alpha value is -3.59. The van der Waals surface area contributed by atoms with Crippen LogP contribution in [0.5, 0.6) is 0 Å². The molecule has 4 heterocycles. The zero-order chi connectivity index (χ0) is 26.6. The van der Waals surface area contributed by atoms with Crippen molar-refractivity contribution in [3.8, 4) is 11.4 Å². The van der Waals surface area contributed by atoms with E-state index < -0.39 is 32.5 Å². The van der Waals surface area contributed by atoms with Crippen LogP contribution < -0.4 is 5.48 Å². The van der Waals surface area contributed by atoms with Gasteiger partial charge in [-0.1, -0.05) is 6.92 Å². The molecule has 4 aromatic heterocycles. The van der Waals surface area contributed by atoms with Gasteiger partial charge in [0.2, 0.25) is 0 Å². The van der Waals surface area contributed by atoms with Crippen molar-refractivity contribution in [1.82, 2.24) is 34.6 Å². The average Bonchev–Trinajstić information content (AvgIpc) is 3.34. The summed E-state index contributed by atoms with van der Waals surface area (Å²) in [7, 11) is -2.51. The second kappa shape index (κ2) is 8.81. The van der Waals surface area contributed by atoms with E-state index in [1.54, 1.807) is 20.8 Å². The Balaban J connectivity index is 2.04. The number of nitrogens with zero attached hydrogens (tertiary/aromatic N) is 6. The number of carbonyl (C=O) groups excluding carboxylic acids is 1. The Labute approximate surface area is 203 Å². The monoisotopic (exact) mass is 525 g/mol. The minimum Gasteiger partial charge on any atom is -0.312 e. The molecule has 0 aliphatic carbocycles. The summed E-state index contributed by atoms with van der Waals surface area (Å²) in [6.07, 6.45) is -2.94. The van der Waals surface area contributed by atoms with Crippen molar-refractivity contribution in [2.75, 3.05) is 5.75 Å². The van der Waals surface area contributed by atoms with Crippen LogP contribution in [0.15, 0.2) is 23.5 Å². The molecule has 0 atom stereocenters. The molecule has 192 valence electrons. The number of carbonyl (C=O) groups is 1. The van der Waals surface area contributed by atoms with Gasteiger partial charge in [-0.15, -0.1) is 0 Å². The lowest BCUT2D eigenvalue weighted by Gasteiger charge is -2.11. The summed E-state index contributed by atoms with van der Waals surface area (Å²) in [4.78, 5) is 30.5. The zero-order valence-electron chi connectivity index (χ0n) is 19.9. The maximum Gasteiger partial charge on any atom is 0.417 e. The van der Waals surface area contributed by atoms with Gasteiger partial charge in [-0.3, -0.25) is 9.63 Å². The summed E-state index contributed by atoms with van der Waals surface area (Å²) in [5, 5.41) is 3.78. The number of hydrogen-bond acceptors (Lipinski definition) is 8. The number of pyridine rings is 1. The fourth-order valence-corrected chi connectivity index (χ4v) is 4.52. The average molecular weight is 526 g/mol. The molecule has 0 fully saturated rings. The molecule has 4 aromatic rings. The zero-order valence-corrected chi connectivity index (χ0v) is 20.7. The van der Waals surface area contributed by atoms with Gasteiger partial charge >= 0.3 is 6.18 Å². The van der Waals surface area contributed by atoms with Crippen molar-refractivity contribution in [3.05, 3.63) is 35.3 Å². The Bertz CT molecular complexity index is 1610. The summed E-state index contributed by atoms with van der Waals surface area (Å²) < 4.78 is 68.1. The highest BCUT2D eigenvalue weighted by Gasteiger charge is 2.34. The molecule has 15 heteroatoms. The number of hydrogen-bond donors (Lipinski definition) is 1. The van der Waals surface area contributed by atoms with Crippen molar-refractivity contribution in [2.24, 2.45) is 7.05 Å². The Morgan fingerprint density at radius 3 is 2.47 bits per heavy atom. The number of imidazole rings is 1. The van der Waals surface area contributed by atoms with Gasteiger partial charge in [0.25, 0.3) is 5.91 Å². The lowest BCUT2D eigenvalue weighted by Crippen LogP contribution is -2.29. The predicted molar refractivity (Wildman–Crippen MR) is 122 cm³/mol. The van der Waals surface area contributed by atoms with Crippen LogP contribution in [0.4, 0.5) is 13.2 Å². The van der Waals surface area contributed by atoms with Crippen LogP contribution in [0.25, 0.3) is 28.2 Å². The molecule has 0 saturated heterocycles. The van der Waals surface area contributed by atoms with Crippen LogP contribution in [0, 0.1) is 6.92 Å². The van der Waals surface area contributed by atoms with Crippen LogP contribution in [0.3, 0.4) is 0 Å². The van der Waals surface area contributed by atoms with E-state index in [1.165, 1.54) is 24.7 Å². The third-order valence-electron chi connectivity index (χ3n) is 5.33. The second-order valence-electron chi connectivity index (χ2n) is 8.27. The lowest BCUT2D eigenvalue weighted by atomic mass is 10.2. The molecule has 0 unspecified atom stereocenters. The van der Waals surface area contributed by atoms with Crippen molar-refractivity contribution < 1.29 is 31.2 Å². The molecule has 0 spiro atoms. The molecular formula is C21H22F3N7O4S. The summed E-state index contributed by atoms with van der Waals surface area (Å²) in [5.74, 6) is -1.05. The number of amides is 1. The van der Waals surface area contributed by atoms with Gasteiger partial charge < -0.3 is 4.57 Å². The molecule has 0 saturated carbocycles. The molecule has 36 heavy (non-hydrogen) atoms. The van der Waals surface area contributed by atoms with Gasteiger partial charge in [-0.25, -0.2) is 33.4 Å². The lowest BCUT2D eigenvalue weighted by molar-refractivity contribution is -0.137. The highest BCUT2D eigenvalue weighted by atomic mass is 32.2. The van der Waals surface area contributed by atoms with E-state index in [9.17, 15) is 26.4 Å². The van der Waals surface area contributed by atoms with Gasteiger partial charge in [0.1, 0.15) is 22.6 Å². The highest BCUT2D eigenvalue weighted by molar-refractivity contribution is 7.91. The minimum absolute atomic E-state index is 0.0278. The second-order valence-corrected chi connectivity index (χ2v) is 10.5. The highest BCUT2D eigenvalue weighted by Crippen LogP contribution is 2.35. The number of alkyl halides is 3. The molecule has 0 radical (unpaired) electrons. The van der Waals surface area contributed by atoms with E-state index in [4.69, 9.17) is 4.84 Å². The molecule has 0 aliphatic rings. The summed E-state index contributed by atoms with van der Waals surface area (Å²) in [6.45, 7) is 6.41. The van der Waals surface area contributed by atoms with E-state index in [2.05, 4.69) is 25.5 Å². The van der Waals surface area contributed by atoms with Gasteiger partial charge in [0.05, 0.1) is 17.4 Å². The van der Waals surface area contributed by atoms with Crippen LogP contribution in [0.1, 0.15) is 42.4 Å². The predicted octanol–water partition coefficient (Wildman–Crippen LogP) is 2.87. The maximum atomic E-state index is 13.2. The van der Waals surface area contributed by atoms with Gasteiger partial charge in [0, 0.05) is 19.4 Å². The Morgan fingerprint density at radius 2 is 1.86 bits per heavy atom. The quantitative estimate of drug-likeness (QED) is 0.380. The van der Waals surface area contributed by atoms with Gasteiger partial charge in [0.15, 0.2) is 26.2 Å². The van der Waals surface area contributed by atoms with Gasteiger partial charge in [-0.2, -0.15) is 18.3 Å². The van der Waals surface area contributed by atoms with Crippen molar-refractivity contribution in [1.29, 1.82) is 0 Å². The van der Waals surface area contributed by atoms with E-state index >= 15 is 0 Å². The molecule has 11 nitrogen and oxygen atoms in total. The molecule has 4 rings (SSSR count). The van der Waals surface area contributed by atoms with Crippen LogP contribution >= 0.6 is 0 Å². The topological polar surface area (TPSA) is 133 Å². The first kappa shape index (κ1) is 25.5. The minimum atomic E-state index is -4.64. The first-order valence-electron chi connectivity index (χ1n) is 10.7. The number of aromatic nitrogens is 6. The number of aryl methyl sites for hydroxylation is 2. The van der Waals surface area contributed by atoms with E-state index in [0.29, 0.717) is 11.8 Å². The Morgan fingerprint density at radius 1 is 1.19 bits per heavy atom. The number of halogens is 3. The summed E-state index contributed by atoms with van der Waals surface area (Å²) in [5.41, 5.74) is 1.53. The molecule has 0 bridgehead atoms. The smallest absolute Gasteiger partial charge is 0.312 e. The molecular weight excluding hydrogens is 503 g/mol. The van der Waals surface area contributed by atoms with Crippen molar-refractivity contribution >= 4 is 32.6 Å². The number of rotatable bonds is 6. The van der Waals surface area contributed by atoms with E-state index in [1.807, 2.05) is 0 Å². The first-order valence-corrected chi connectivity index (χ1v) is 12.4. The van der Waals surface area contributed by atoms with Crippen LogP contribution in [-0.2, 0) is 27.9 Å². The fourth-order valence-electron chi connectivity index (χ4n) is 3.55. The summed E-state index contributed by atoms with van der Waals surface area (Å²) in [6, 6.07) is 0.825. The van der Waals surface area contributed by atoms with Crippen molar-refractivity contribution in [3.63, 3.8) is 0 Å². The first-order chi connectivity index (χ1) is 16.8. The maximum absolute atomic E-state index is 13.2. The molecule has 0 aromatic carbocycles. The number of sulfone groups is 1. The number of hydroxylamine groups is 1. The number of fused-ring (bicyclic) bond motifs is 2. The third kappa shape index (κ3) is 4.28. The molecule has 0 aliphatic heterocycles. The van der Waals surface area contributed by atoms with Crippen LogP contribution in [-0.4, -0.2) is 55.3 Å². The Kier molecular flexibility index (Phi) is 6.24. The largest absolute Gasteiger partial charge is 0.417 e. The van der Waals surface area contributed by atoms with Crippen LogP contribution in [0.2, 0.25) is 0 Å². The molecule has 1 N–H and O–H groups in total. The fraction of sp³-hybridized carbons (Fsp3) is 0.381. The van der Waals surface area contributed by atoms with E-state index in [0.717, 1.165) is 10.6 Å². The van der Waals surface area contributed by atoms with Crippen molar-refractivity contribution in [2.45, 2.75) is 45.0 Å². The summed E-state index contributed by atoms with van der Waals surface area (Å²) >= 11 is 0. The van der Waals surface area contributed by atoms with Gasteiger partial charge in [-0.05, 0) is 32.4 Å². The number of nitrogens with one attached hydrogen (secondary N) is 1.